The molecule has 2 heterocycles. The fourth-order valence-electron chi connectivity index (χ4n) is 3.66. The molecule has 1 fully saturated rings. The minimum Gasteiger partial charge on any atom is -0.368 e. The van der Waals surface area contributed by atoms with Gasteiger partial charge in [-0.25, -0.2) is 5.48 Å². The van der Waals surface area contributed by atoms with E-state index in [1.807, 2.05) is 13.0 Å². The van der Waals surface area contributed by atoms with E-state index < -0.39 is 4.92 Å². The number of fused-ring (bicyclic) bond motifs is 3. The number of nitrogens with zero attached hydrogens (tertiary/aromatic N) is 2. The quantitative estimate of drug-likeness (QED) is 0.679. The van der Waals surface area contributed by atoms with Crippen LogP contribution in [0.1, 0.15) is 31.7 Å². The SMILES string of the molecule is CCONC(=O)[C@H]1Cc2cc([N+](=O)[O-])ccc2N2CCCC[C@@H]12. The summed E-state index contributed by atoms with van der Waals surface area (Å²) in [5.41, 5.74) is 4.47. The molecule has 3 rings (SSSR count). The maximum atomic E-state index is 12.4. The summed E-state index contributed by atoms with van der Waals surface area (Å²) in [6, 6.07) is 5.10. The molecule has 7 heteroatoms. The molecule has 1 aromatic carbocycles. The molecule has 124 valence electrons. The molecule has 0 aliphatic carbocycles. The van der Waals surface area contributed by atoms with Crippen LogP contribution in [-0.4, -0.2) is 30.0 Å². The fourth-order valence-corrected chi connectivity index (χ4v) is 3.66. The highest BCUT2D eigenvalue weighted by Gasteiger charge is 2.40. The average molecular weight is 319 g/mol. The maximum absolute atomic E-state index is 12.4. The van der Waals surface area contributed by atoms with Crippen molar-refractivity contribution in [2.24, 2.45) is 5.92 Å². The van der Waals surface area contributed by atoms with Crippen molar-refractivity contribution in [1.82, 2.24) is 5.48 Å². The molecule has 1 aromatic rings. The zero-order valence-electron chi connectivity index (χ0n) is 13.2. The average Bonchev–Trinajstić information content (AvgIpc) is 2.58. The first-order chi connectivity index (χ1) is 11.1. The number of nitro benzene ring substituents is 1. The number of anilines is 1. The third-order valence-corrected chi connectivity index (χ3v) is 4.69. The van der Waals surface area contributed by atoms with Gasteiger partial charge in [-0.15, -0.1) is 0 Å². The molecule has 1 amide bonds. The lowest BCUT2D eigenvalue weighted by Gasteiger charge is -2.45. The molecule has 0 radical (unpaired) electrons. The highest BCUT2D eigenvalue weighted by Crippen LogP contribution is 2.39. The molecule has 23 heavy (non-hydrogen) atoms. The van der Waals surface area contributed by atoms with E-state index in [2.05, 4.69) is 10.4 Å². The van der Waals surface area contributed by atoms with Crippen LogP contribution in [0.4, 0.5) is 11.4 Å². The Balaban J connectivity index is 1.93. The second kappa shape index (κ2) is 6.54. The van der Waals surface area contributed by atoms with Gasteiger partial charge in [0.05, 0.1) is 17.4 Å². The summed E-state index contributed by atoms with van der Waals surface area (Å²) < 4.78 is 0. The molecule has 0 aromatic heterocycles. The van der Waals surface area contributed by atoms with E-state index in [9.17, 15) is 14.9 Å². The van der Waals surface area contributed by atoms with Crippen molar-refractivity contribution < 1.29 is 14.6 Å². The van der Waals surface area contributed by atoms with Gasteiger partial charge >= 0.3 is 0 Å². The number of amides is 1. The predicted octanol–water partition coefficient (Wildman–Crippen LogP) is 2.19. The summed E-state index contributed by atoms with van der Waals surface area (Å²) in [6.45, 7) is 3.11. The summed E-state index contributed by atoms with van der Waals surface area (Å²) in [5, 5.41) is 11.0. The van der Waals surface area contributed by atoms with Crippen molar-refractivity contribution in [2.45, 2.75) is 38.6 Å². The van der Waals surface area contributed by atoms with Crippen LogP contribution < -0.4 is 10.4 Å². The zero-order valence-corrected chi connectivity index (χ0v) is 13.2. The second-order valence-electron chi connectivity index (χ2n) is 6.04. The molecule has 1 saturated heterocycles. The van der Waals surface area contributed by atoms with E-state index in [4.69, 9.17) is 4.84 Å². The van der Waals surface area contributed by atoms with Crippen molar-refractivity contribution in [3.63, 3.8) is 0 Å². The summed E-state index contributed by atoms with van der Waals surface area (Å²) in [6.07, 6.45) is 3.65. The summed E-state index contributed by atoms with van der Waals surface area (Å²) in [4.78, 5) is 30.4. The number of nitrogens with one attached hydrogen (secondary N) is 1. The molecule has 2 aliphatic rings. The van der Waals surface area contributed by atoms with Crippen molar-refractivity contribution in [3.8, 4) is 0 Å². The Kier molecular flexibility index (Phi) is 4.47. The largest absolute Gasteiger partial charge is 0.368 e. The number of hydrogen-bond acceptors (Lipinski definition) is 5. The van der Waals surface area contributed by atoms with Gasteiger partial charge < -0.3 is 4.90 Å². The summed E-state index contributed by atoms with van der Waals surface area (Å²) in [7, 11) is 0. The first-order valence-electron chi connectivity index (χ1n) is 8.07. The van der Waals surface area contributed by atoms with E-state index in [0.717, 1.165) is 37.1 Å². The molecule has 1 N–H and O–H groups in total. The maximum Gasteiger partial charge on any atom is 0.269 e. The van der Waals surface area contributed by atoms with Gasteiger partial charge in [-0.05, 0) is 44.2 Å². The number of non-ortho nitro benzene ring substituents is 1. The van der Waals surface area contributed by atoms with Gasteiger partial charge in [0.1, 0.15) is 0 Å². The van der Waals surface area contributed by atoms with Crippen LogP contribution in [0.25, 0.3) is 0 Å². The van der Waals surface area contributed by atoms with E-state index >= 15 is 0 Å². The molecule has 7 nitrogen and oxygen atoms in total. The topological polar surface area (TPSA) is 84.7 Å². The van der Waals surface area contributed by atoms with Gasteiger partial charge in [-0.1, -0.05) is 0 Å². The highest BCUT2D eigenvalue weighted by atomic mass is 16.6. The van der Waals surface area contributed by atoms with Crippen LogP contribution in [0.5, 0.6) is 0 Å². The van der Waals surface area contributed by atoms with Gasteiger partial charge in [0.25, 0.3) is 5.69 Å². The molecule has 0 saturated carbocycles. The first-order valence-corrected chi connectivity index (χ1v) is 8.07. The van der Waals surface area contributed by atoms with Gasteiger partial charge in [0.2, 0.25) is 5.91 Å². The van der Waals surface area contributed by atoms with Crippen LogP contribution in [0.15, 0.2) is 18.2 Å². The monoisotopic (exact) mass is 319 g/mol. The third kappa shape index (κ3) is 3.01. The van der Waals surface area contributed by atoms with E-state index in [1.54, 1.807) is 12.1 Å². The van der Waals surface area contributed by atoms with Crippen LogP contribution in [0.3, 0.4) is 0 Å². The lowest BCUT2D eigenvalue weighted by Crippen LogP contribution is -2.53. The van der Waals surface area contributed by atoms with Crippen LogP contribution in [0.2, 0.25) is 0 Å². The van der Waals surface area contributed by atoms with Crippen LogP contribution >= 0.6 is 0 Å². The number of hydrogen-bond donors (Lipinski definition) is 1. The minimum absolute atomic E-state index is 0.0724. The Morgan fingerprint density at radius 1 is 1.48 bits per heavy atom. The molecule has 0 spiro atoms. The number of benzene rings is 1. The van der Waals surface area contributed by atoms with Crippen molar-refractivity contribution in [1.29, 1.82) is 0 Å². The minimum atomic E-state index is -0.391. The van der Waals surface area contributed by atoms with Crippen molar-refractivity contribution >= 4 is 17.3 Å². The van der Waals surface area contributed by atoms with Crippen LogP contribution in [-0.2, 0) is 16.1 Å². The Morgan fingerprint density at radius 3 is 3.04 bits per heavy atom. The lowest BCUT2D eigenvalue weighted by atomic mass is 9.80. The summed E-state index contributed by atoms with van der Waals surface area (Å²) in [5.74, 6) is -0.378. The highest BCUT2D eigenvalue weighted by molar-refractivity contribution is 5.81. The molecular formula is C16H21N3O4. The molecule has 0 unspecified atom stereocenters. The van der Waals surface area contributed by atoms with Gasteiger partial charge in [-0.3, -0.25) is 19.7 Å². The predicted molar refractivity (Wildman–Crippen MR) is 85.0 cm³/mol. The van der Waals surface area contributed by atoms with Crippen LogP contribution in [0, 0.1) is 16.0 Å². The van der Waals surface area contributed by atoms with Gasteiger partial charge in [0.15, 0.2) is 0 Å². The molecule has 2 atom stereocenters. The summed E-state index contributed by atoms with van der Waals surface area (Å²) >= 11 is 0. The first kappa shape index (κ1) is 15.7. The number of nitro groups is 1. The fraction of sp³-hybridized carbons (Fsp3) is 0.562. The number of piperidine rings is 1. The zero-order chi connectivity index (χ0) is 16.4. The Labute approximate surface area is 134 Å². The number of rotatable bonds is 4. The Hall–Kier alpha value is -2.15. The molecule has 2 aliphatic heterocycles. The molecular weight excluding hydrogens is 298 g/mol. The Bertz CT molecular complexity index is 619. The smallest absolute Gasteiger partial charge is 0.269 e. The number of carbonyl (C=O) groups is 1. The van der Waals surface area contributed by atoms with E-state index in [0.29, 0.717) is 13.0 Å². The van der Waals surface area contributed by atoms with Crippen molar-refractivity contribution in [3.05, 3.63) is 33.9 Å². The lowest BCUT2D eigenvalue weighted by molar-refractivity contribution is -0.384. The van der Waals surface area contributed by atoms with E-state index in [-0.39, 0.29) is 23.6 Å². The van der Waals surface area contributed by atoms with Crippen molar-refractivity contribution in [2.75, 3.05) is 18.1 Å². The Morgan fingerprint density at radius 2 is 2.30 bits per heavy atom. The number of hydroxylamine groups is 1. The number of carbonyl (C=O) groups excluding carboxylic acids is 1. The standard InChI is InChI=1S/C16H21N3O4/c1-2-23-17-16(20)13-10-11-9-12(19(21)22)6-7-14(11)18-8-4-3-5-15(13)18/h6-7,9,13,15H,2-5,8,10H2,1H3,(H,17,20)/t13-,15-/m0/s1. The third-order valence-electron chi connectivity index (χ3n) is 4.69. The second-order valence-corrected chi connectivity index (χ2v) is 6.04. The van der Waals surface area contributed by atoms with E-state index in [1.165, 1.54) is 0 Å². The molecule has 0 bridgehead atoms. The van der Waals surface area contributed by atoms with Gasteiger partial charge in [0, 0.05) is 30.4 Å². The normalized spacial score (nSPS) is 22.9. The van der Waals surface area contributed by atoms with Gasteiger partial charge in [-0.2, -0.15) is 0 Å².